The predicted octanol–water partition coefficient (Wildman–Crippen LogP) is 2.24. The molecule has 0 aliphatic heterocycles. The first-order chi connectivity index (χ1) is 10.3. The summed E-state index contributed by atoms with van der Waals surface area (Å²) in [5, 5.41) is 0. The second kappa shape index (κ2) is 5.96. The lowest BCUT2D eigenvalue weighted by molar-refractivity contribution is -0.533. The van der Waals surface area contributed by atoms with Crippen molar-refractivity contribution >= 4 is 17.8 Å². The van der Waals surface area contributed by atoms with Crippen molar-refractivity contribution in [2.75, 3.05) is 0 Å². The number of nitrogens with zero attached hydrogens (tertiary/aromatic N) is 1. The molecule has 0 saturated heterocycles. The van der Waals surface area contributed by atoms with Crippen LogP contribution in [-0.2, 0) is 0 Å². The molecule has 0 fully saturated rings. The lowest BCUT2D eigenvalue weighted by atomic mass is 9.48. The molecule has 0 spiro atoms. The largest absolute Gasteiger partial charge is 0.441 e. The average Bonchev–Trinajstić information content (AvgIpc) is 2.52. The third-order valence-corrected chi connectivity index (χ3v) is 4.00. The Balaban J connectivity index is 2.22. The molecule has 0 atom stereocenters. The van der Waals surface area contributed by atoms with E-state index in [-0.39, 0.29) is 6.85 Å². The number of rotatable bonds is 3. The van der Waals surface area contributed by atoms with Crippen molar-refractivity contribution in [1.29, 1.82) is 0 Å². The zero-order chi connectivity index (χ0) is 14.7. The van der Waals surface area contributed by atoms with Crippen LogP contribution >= 0.6 is 0 Å². The molecule has 0 amide bonds. The molecule has 0 aliphatic carbocycles. The van der Waals surface area contributed by atoms with Crippen LogP contribution in [0.4, 0.5) is 0 Å². The van der Waals surface area contributed by atoms with Crippen LogP contribution in [0.5, 0.6) is 0 Å². The van der Waals surface area contributed by atoms with Gasteiger partial charge >= 0.3 is 0 Å². The molecule has 1 aromatic heterocycles. The molecule has 103 valence electrons. The smallest absolute Gasteiger partial charge is 0.272 e. The lowest BCUT2D eigenvalue weighted by Crippen LogP contribution is -2.66. The van der Waals surface area contributed by atoms with Crippen molar-refractivity contribution in [3.8, 4) is 0 Å². The van der Waals surface area contributed by atoms with Crippen LogP contribution in [0.2, 0.25) is 0 Å². The van der Waals surface area contributed by atoms with Gasteiger partial charge in [0.25, 0.3) is 6.85 Å². The highest BCUT2D eigenvalue weighted by atomic mass is 14.8. The van der Waals surface area contributed by atoms with Crippen molar-refractivity contribution in [3.05, 3.63) is 90.3 Å². The van der Waals surface area contributed by atoms with Crippen molar-refractivity contribution in [2.24, 2.45) is 0 Å². The molecule has 0 aliphatic rings. The zero-order valence-electron chi connectivity index (χ0n) is 12.5. The van der Waals surface area contributed by atoms with E-state index >= 15 is 0 Å². The van der Waals surface area contributed by atoms with Crippen LogP contribution in [0.1, 0.15) is 11.1 Å². The highest BCUT2D eigenvalue weighted by molar-refractivity contribution is 6.78. The van der Waals surface area contributed by atoms with Gasteiger partial charge in [0, 0.05) is 0 Å². The van der Waals surface area contributed by atoms with Crippen LogP contribution in [0, 0.1) is 13.8 Å². The number of pyridine rings is 1. The molecule has 2 aromatic carbocycles. The molecule has 3 rings (SSSR count). The van der Waals surface area contributed by atoms with E-state index in [9.17, 15) is 0 Å². The minimum absolute atomic E-state index is 0.216. The first-order valence-corrected chi connectivity index (χ1v) is 7.34. The van der Waals surface area contributed by atoms with Gasteiger partial charge in [-0.05, 0) is 26.0 Å². The molecule has 3 aromatic rings. The number of hydrogen-bond acceptors (Lipinski definition) is 0. The van der Waals surface area contributed by atoms with Gasteiger partial charge in [-0.25, -0.2) is 0 Å². The molecule has 0 unspecified atom stereocenters. The fourth-order valence-electron chi connectivity index (χ4n) is 2.86. The summed E-state index contributed by atoms with van der Waals surface area (Å²) in [4.78, 5) is 0. The van der Waals surface area contributed by atoms with E-state index in [1.165, 1.54) is 22.1 Å². The van der Waals surface area contributed by atoms with Gasteiger partial charge in [0.15, 0.2) is 0 Å². The number of benzene rings is 2. The van der Waals surface area contributed by atoms with Gasteiger partial charge in [-0.15, -0.1) is 0 Å². The summed E-state index contributed by atoms with van der Waals surface area (Å²) in [6.07, 6.45) is 4.28. The topological polar surface area (TPSA) is 3.88 Å². The fourth-order valence-corrected chi connectivity index (χ4v) is 2.86. The Hall–Kier alpha value is -2.35. The van der Waals surface area contributed by atoms with Crippen LogP contribution in [0.25, 0.3) is 0 Å². The summed E-state index contributed by atoms with van der Waals surface area (Å²) in [5.74, 6) is 0. The Morgan fingerprint density at radius 3 is 1.57 bits per heavy atom. The van der Waals surface area contributed by atoms with Crippen LogP contribution in [0.3, 0.4) is 0 Å². The van der Waals surface area contributed by atoms with Crippen molar-refractivity contribution < 1.29 is 4.48 Å². The predicted molar refractivity (Wildman–Crippen MR) is 89.4 cm³/mol. The van der Waals surface area contributed by atoms with E-state index in [1.807, 2.05) is 0 Å². The summed E-state index contributed by atoms with van der Waals surface area (Å²) < 4.78 is 2.28. The summed E-state index contributed by atoms with van der Waals surface area (Å²) in [7, 11) is 0. The average molecular weight is 272 g/mol. The zero-order valence-corrected chi connectivity index (χ0v) is 12.5. The molecule has 0 bridgehead atoms. The molecular weight excluding hydrogens is 253 g/mol. The Morgan fingerprint density at radius 1 is 0.619 bits per heavy atom. The third kappa shape index (κ3) is 2.75. The summed E-state index contributed by atoms with van der Waals surface area (Å²) in [6, 6.07) is 23.5. The number of aromatic nitrogens is 1. The molecule has 1 nitrogen and oxygen atoms in total. The highest BCUT2D eigenvalue weighted by Gasteiger charge is 2.18. The van der Waals surface area contributed by atoms with Gasteiger partial charge in [0.1, 0.15) is 12.4 Å². The molecular formula is C19H19BN. The van der Waals surface area contributed by atoms with Gasteiger partial charge in [-0.1, -0.05) is 65.7 Å². The van der Waals surface area contributed by atoms with E-state index in [0.717, 1.165) is 0 Å². The van der Waals surface area contributed by atoms with E-state index in [1.54, 1.807) is 0 Å². The maximum Gasteiger partial charge on any atom is 0.272 e. The minimum Gasteiger partial charge on any atom is -0.441 e. The van der Waals surface area contributed by atoms with Gasteiger partial charge in [-0.3, -0.25) is 0 Å². The van der Waals surface area contributed by atoms with Crippen molar-refractivity contribution in [3.63, 3.8) is 0 Å². The highest BCUT2D eigenvalue weighted by Crippen LogP contribution is 2.00. The maximum absolute atomic E-state index is 2.28. The van der Waals surface area contributed by atoms with Crippen LogP contribution in [0.15, 0.2) is 79.1 Å². The molecule has 1 radical (unpaired) electrons. The van der Waals surface area contributed by atoms with Crippen molar-refractivity contribution in [2.45, 2.75) is 13.8 Å². The van der Waals surface area contributed by atoms with E-state index in [2.05, 4.69) is 97.4 Å². The quantitative estimate of drug-likeness (QED) is 0.644. The third-order valence-electron chi connectivity index (χ3n) is 4.00. The lowest BCUT2D eigenvalue weighted by Gasteiger charge is -2.26. The summed E-state index contributed by atoms with van der Waals surface area (Å²) in [6.45, 7) is 4.59. The second-order valence-corrected chi connectivity index (χ2v) is 5.44. The van der Waals surface area contributed by atoms with E-state index in [0.29, 0.717) is 0 Å². The van der Waals surface area contributed by atoms with Crippen LogP contribution in [-0.4, -0.2) is 6.85 Å². The van der Waals surface area contributed by atoms with Gasteiger partial charge < -0.3 is 4.48 Å². The van der Waals surface area contributed by atoms with Gasteiger partial charge in [-0.2, -0.15) is 10.9 Å². The van der Waals surface area contributed by atoms with E-state index < -0.39 is 0 Å². The Bertz CT molecular complexity index is 692. The van der Waals surface area contributed by atoms with Gasteiger partial charge in [0.2, 0.25) is 0 Å². The summed E-state index contributed by atoms with van der Waals surface area (Å²) >= 11 is 0. The number of hydrogen-bond donors (Lipinski definition) is 0. The summed E-state index contributed by atoms with van der Waals surface area (Å²) in [5.41, 5.74) is 5.34. The van der Waals surface area contributed by atoms with Gasteiger partial charge in [0.05, 0.1) is 0 Å². The molecule has 0 N–H and O–H groups in total. The van der Waals surface area contributed by atoms with Crippen molar-refractivity contribution in [1.82, 2.24) is 0 Å². The minimum atomic E-state index is 0.216. The maximum atomic E-state index is 2.28. The molecule has 1 heterocycles. The molecule has 0 saturated carbocycles. The van der Waals surface area contributed by atoms with Crippen LogP contribution < -0.4 is 15.4 Å². The monoisotopic (exact) mass is 272 g/mol. The standard InChI is InChI=1S/C19H19BN/c1-16-10-4-6-12-18(16)20(21-14-8-3-9-15-21)19-13-7-5-11-17(19)2/h3-15H,1-2H3. The normalized spacial score (nSPS) is 10.8. The fraction of sp³-hybridized carbons (Fsp3) is 0.105. The first-order valence-electron chi connectivity index (χ1n) is 7.34. The Morgan fingerprint density at radius 2 is 1.10 bits per heavy atom. The molecule has 21 heavy (non-hydrogen) atoms. The van der Waals surface area contributed by atoms with E-state index in [4.69, 9.17) is 0 Å². The number of aryl methyl sites for hydroxylation is 2. The Labute approximate surface area is 127 Å². The SMILES string of the molecule is Cc1ccccc1[B-](c1ccccc1C)[n+]1ccccc1. The Kier molecular flexibility index (Phi) is 3.87. The second-order valence-electron chi connectivity index (χ2n) is 5.44. The molecule has 2 heteroatoms. The first kappa shape index (κ1) is 13.6.